The van der Waals surface area contributed by atoms with Crippen LogP contribution in [-0.4, -0.2) is 14.6 Å². The predicted molar refractivity (Wildman–Crippen MR) is 73.2 cm³/mol. The van der Waals surface area contributed by atoms with E-state index in [0.29, 0.717) is 15.9 Å². The van der Waals surface area contributed by atoms with Crippen molar-refractivity contribution < 1.29 is 0 Å². The number of hydrogen-bond acceptors (Lipinski definition) is 2. The molecule has 0 saturated carbocycles. The number of pyridine rings is 1. The molecule has 0 aliphatic heterocycles. The molecule has 90 valence electrons. The summed E-state index contributed by atoms with van der Waals surface area (Å²) < 4.78 is 1.80. The molecule has 5 heteroatoms. The fraction of sp³-hybridized carbons (Fsp3) is 0.0769. The molecule has 3 rings (SSSR count). The topological polar surface area (TPSA) is 30.2 Å². The van der Waals surface area contributed by atoms with Crippen LogP contribution in [0.4, 0.5) is 0 Å². The molecule has 18 heavy (non-hydrogen) atoms. The van der Waals surface area contributed by atoms with Gasteiger partial charge in [0.05, 0.1) is 10.0 Å². The van der Waals surface area contributed by atoms with Gasteiger partial charge >= 0.3 is 0 Å². The Morgan fingerprint density at radius 3 is 2.61 bits per heavy atom. The largest absolute Gasteiger partial charge is 0.218 e. The lowest BCUT2D eigenvalue weighted by molar-refractivity contribution is 0.918. The zero-order valence-electron chi connectivity index (χ0n) is 9.56. The SMILES string of the molecule is Cc1cccc2nc(-c3ccc(Cl)c(Cl)c3)nn12. The van der Waals surface area contributed by atoms with E-state index in [-0.39, 0.29) is 0 Å². The standard InChI is InChI=1S/C13H9Cl2N3/c1-8-3-2-4-12-16-13(17-18(8)12)9-5-6-10(14)11(15)7-9/h2-7H,1H3. The van der Waals surface area contributed by atoms with Gasteiger partial charge in [0.15, 0.2) is 11.5 Å². The van der Waals surface area contributed by atoms with Crippen LogP contribution in [0.15, 0.2) is 36.4 Å². The molecule has 2 aromatic heterocycles. The Labute approximate surface area is 114 Å². The van der Waals surface area contributed by atoms with Crippen LogP contribution in [0.25, 0.3) is 17.0 Å². The number of benzene rings is 1. The second-order valence-electron chi connectivity index (χ2n) is 4.00. The first kappa shape index (κ1) is 11.5. The number of fused-ring (bicyclic) bond motifs is 1. The van der Waals surface area contributed by atoms with E-state index in [0.717, 1.165) is 16.9 Å². The molecule has 0 spiro atoms. The molecule has 0 fully saturated rings. The molecule has 3 aromatic rings. The minimum atomic E-state index is 0.504. The van der Waals surface area contributed by atoms with Gasteiger partial charge in [0, 0.05) is 11.3 Å². The molecule has 0 N–H and O–H groups in total. The third-order valence-corrected chi connectivity index (χ3v) is 3.47. The number of aromatic nitrogens is 3. The van der Waals surface area contributed by atoms with Crippen molar-refractivity contribution in [3.05, 3.63) is 52.1 Å². The van der Waals surface area contributed by atoms with Gasteiger partial charge in [0.2, 0.25) is 0 Å². The normalized spacial score (nSPS) is 11.1. The van der Waals surface area contributed by atoms with Crippen LogP contribution in [-0.2, 0) is 0 Å². The van der Waals surface area contributed by atoms with E-state index >= 15 is 0 Å². The van der Waals surface area contributed by atoms with Crippen LogP contribution in [0.5, 0.6) is 0 Å². The maximum atomic E-state index is 6.00. The highest BCUT2D eigenvalue weighted by molar-refractivity contribution is 6.42. The number of nitrogens with zero attached hydrogens (tertiary/aromatic N) is 3. The number of rotatable bonds is 1. The van der Waals surface area contributed by atoms with Crippen molar-refractivity contribution in [1.82, 2.24) is 14.6 Å². The average molecular weight is 278 g/mol. The Morgan fingerprint density at radius 2 is 1.89 bits per heavy atom. The highest BCUT2D eigenvalue weighted by atomic mass is 35.5. The fourth-order valence-electron chi connectivity index (χ4n) is 1.79. The van der Waals surface area contributed by atoms with Crippen molar-refractivity contribution >= 4 is 28.8 Å². The van der Waals surface area contributed by atoms with Crippen LogP contribution in [0, 0.1) is 6.92 Å². The zero-order chi connectivity index (χ0) is 12.7. The Hall–Kier alpha value is -1.58. The minimum absolute atomic E-state index is 0.504. The summed E-state index contributed by atoms with van der Waals surface area (Å²) in [5.74, 6) is 0.642. The van der Waals surface area contributed by atoms with E-state index < -0.39 is 0 Å². The molecule has 3 nitrogen and oxygen atoms in total. The van der Waals surface area contributed by atoms with Gasteiger partial charge in [-0.05, 0) is 37.3 Å². The van der Waals surface area contributed by atoms with Gasteiger partial charge in [-0.2, -0.15) is 0 Å². The van der Waals surface area contributed by atoms with Crippen molar-refractivity contribution in [2.45, 2.75) is 6.92 Å². The van der Waals surface area contributed by atoms with Gasteiger partial charge in [-0.1, -0.05) is 29.3 Å². The van der Waals surface area contributed by atoms with E-state index in [1.165, 1.54) is 0 Å². The van der Waals surface area contributed by atoms with Crippen LogP contribution in [0.2, 0.25) is 10.0 Å². The third-order valence-electron chi connectivity index (χ3n) is 2.73. The van der Waals surface area contributed by atoms with Gasteiger partial charge < -0.3 is 0 Å². The Bertz CT molecular complexity index is 734. The summed E-state index contributed by atoms with van der Waals surface area (Å²) in [6.45, 7) is 1.99. The lowest BCUT2D eigenvalue weighted by atomic mass is 10.2. The summed E-state index contributed by atoms with van der Waals surface area (Å²) in [5, 5.41) is 5.49. The summed E-state index contributed by atoms with van der Waals surface area (Å²) >= 11 is 11.9. The molecule has 0 atom stereocenters. The van der Waals surface area contributed by atoms with Crippen molar-refractivity contribution in [3.63, 3.8) is 0 Å². The molecule has 2 heterocycles. The van der Waals surface area contributed by atoms with E-state index in [4.69, 9.17) is 23.2 Å². The monoisotopic (exact) mass is 277 g/mol. The average Bonchev–Trinajstić information content (AvgIpc) is 2.78. The predicted octanol–water partition coefficient (Wildman–Crippen LogP) is 4.01. The number of halogens is 2. The lowest BCUT2D eigenvalue weighted by Crippen LogP contribution is -1.91. The molecular weight excluding hydrogens is 269 g/mol. The molecule has 0 saturated heterocycles. The van der Waals surface area contributed by atoms with Gasteiger partial charge in [-0.15, -0.1) is 5.10 Å². The molecule has 0 aliphatic rings. The molecule has 0 amide bonds. The first-order chi connectivity index (χ1) is 8.65. The van der Waals surface area contributed by atoms with Crippen LogP contribution in [0.1, 0.15) is 5.69 Å². The quantitative estimate of drug-likeness (QED) is 0.673. The molecule has 0 bridgehead atoms. The second kappa shape index (κ2) is 4.26. The van der Waals surface area contributed by atoms with E-state index in [2.05, 4.69) is 10.1 Å². The Morgan fingerprint density at radius 1 is 1.06 bits per heavy atom. The van der Waals surface area contributed by atoms with Crippen molar-refractivity contribution in [3.8, 4) is 11.4 Å². The molecular formula is C13H9Cl2N3. The van der Waals surface area contributed by atoms with Crippen LogP contribution >= 0.6 is 23.2 Å². The first-order valence-corrected chi connectivity index (χ1v) is 6.18. The summed E-state index contributed by atoms with van der Waals surface area (Å²) in [4.78, 5) is 4.46. The second-order valence-corrected chi connectivity index (χ2v) is 4.82. The summed E-state index contributed by atoms with van der Waals surface area (Å²) in [6.07, 6.45) is 0. The highest BCUT2D eigenvalue weighted by Gasteiger charge is 2.09. The van der Waals surface area contributed by atoms with Crippen molar-refractivity contribution in [2.24, 2.45) is 0 Å². The minimum Gasteiger partial charge on any atom is -0.218 e. The van der Waals surface area contributed by atoms with E-state index in [9.17, 15) is 0 Å². The Balaban J connectivity index is 2.19. The fourth-order valence-corrected chi connectivity index (χ4v) is 2.09. The lowest BCUT2D eigenvalue weighted by Gasteiger charge is -1.98. The first-order valence-electron chi connectivity index (χ1n) is 5.43. The maximum Gasteiger partial charge on any atom is 0.182 e. The van der Waals surface area contributed by atoms with Crippen LogP contribution < -0.4 is 0 Å². The van der Waals surface area contributed by atoms with E-state index in [1.54, 1.807) is 16.6 Å². The smallest absolute Gasteiger partial charge is 0.182 e. The van der Waals surface area contributed by atoms with Gasteiger partial charge in [0.25, 0.3) is 0 Å². The van der Waals surface area contributed by atoms with Gasteiger partial charge in [0.1, 0.15) is 0 Å². The zero-order valence-corrected chi connectivity index (χ0v) is 11.1. The number of aryl methyl sites for hydroxylation is 1. The molecule has 0 radical (unpaired) electrons. The molecule has 0 aliphatic carbocycles. The Kier molecular flexibility index (Phi) is 2.73. The van der Waals surface area contributed by atoms with Gasteiger partial charge in [-0.3, -0.25) is 0 Å². The van der Waals surface area contributed by atoms with Crippen LogP contribution in [0.3, 0.4) is 0 Å². The number of hydrogen-bond donors (Lipinski definition) is 0. The maximum absolute atomic E-state index is 6.00. The van der Waals surface area contributed by atoms with Crippen molar-refractivity contribution in [2.75, 3.05) is 0 Å². The summed E-state index contributed by atoms with van der Waals surface area (Å²) in [6, 6.07) is 11.2. The molecule has 1 aromatic carbocycles. The summed E-state index contributed by atoms with van der Waals surface area (Å²) in [7, 11) is 0. The summed E-state index contributed by atoms with van der Waals surface area (Å²) in [5.41, 5.74) is 2.70. The van der Waals surface area contributed by atoms with Crippen molar-refractivity contribution in [1.29, 1.82) is 0 Å². The van der Waals surface area contributed by atoms with E-state index in [1.807, 2.05) is 31.2 Å². The molecule has 0 unspecified atom stereocenters. The third kappa shape index (κ3) is 1.85. The highest BCUT2D eigenvalue weighted by Crippen LogP contribution is 2.27. The van der Waals surface area contributed by atoms with Gasteiger partial charge in [-0.25, -0.2) is 9.50 Å².